The first-order valence-electron chi connectivity index (χ1n) is 11.0. The first kappa shape index (κ1) is 21.8. The van der Waals surface area contributed by atoms with E-state index in [-0.39, 0.29) is 23.4 Å². The first-order chi connectivity index (χ1) is 13.8. The number of benzene rings is 1. The third kappa shape index (κ3) is 6.28. The molecule has 0 bridgehead atoms. The van der Waals surface area contributed by atoms with E-state index in [0.29, 0.717) is 17.8 Å². The summed E-state index contributed by atoms with van der Waals surface area (Å²) >= 11 is 0. The Morgan fingerprint density at radius 2 is 1.72 bits per heavy atom. The van der Waals surface area contributed by atoms with E-state index in [1.165, 1.54) is 12.8 Å². The van der Waals surface area contributed by atoms with Gasteiger partial charge in [0.25, 0.3) is 5.91 Å². The van der Waals surface area contributed by atoms with E-state index in [1.54, 1.807) is 6.07 Å². The zero-order valence-electron chi connectivity index (χ0n) is 18.2. The third-order valence-corrected chi connectivity index (χ3v) is 6.04. The van der Waals surface area contributed by atoms with Crippen LogP contribution < -0.4 is 10.6 Å². The van der Waals surface area contributed by atoms with Crippen LogP contribution in [0, 0.1) is 0 Å². The lowest BCUT2D eigenvalue weighted by molar-refractivity contribution is -0.117. The molecule has 0 radical (unpaired) electrons. The van der Waals surface area contributed by atoms with Gasteiger partial charge in [-0.2, -0.15) is 0 Å². The molecule has 1 aliphatic carbocycles. The maximum Gasteiger partial charge on any atom is 0.253 e. The molecule has 0 atom stereocenters. The Hall–Kier alpha value is -1.92. The summed E-state index contributed by atoms with van der Waals surface area (Å²) in [4.78, 5) is 30.1. The van der Waals surface area contributed by atoms with E-state index in [2.05, 4.69) is 41.2 Å². The lowest BCUT2D eigenvalue weighted by Gasteiger charge is -2.34. The number of para-hydroxylation sites is 1. The zero-order chi connectivity index (χ0) is 20.9. The van der Waals surface area contributed by atoms with Gasteiger partial charge in [-0.25, -0.2) is 0 Å². The van der Waals surface area contributed by atoms with Crippen molar-refractivity contribution >= 4 is 17.5 Å². The smallest absolute Gasteiger partial charge is 0.253 e. The van der Waals surface area contributed by atoms with E-state index in [9.17, 15) is 9.59 Å². The highest BCUT2D eigenvalue weighted by atomic mass is 16.2. The lowest BCUT2D eigenvalue weighted by atomic mass is 10.1. The van der Waals surface area contributed by atoms with Crippen LogP contribution >= 0.6 is 0 Å². The second-order valence-electron chi connectivity index (χ2n) is 9.34. The van der Waals surface area contributed by atoms with Gasteiger partial charge in [0.1, 0.15) is 0 Å². The standard InChI is InChI=1S/C23H36N4O2/c1-23(2,3)27-14-8-13-26(15-16-27)17-21(28)25-20-12-7-6-11-19(20)22(29)24-18-9-4-5-10-18/h6-7,11-12,18H,4-5,8-10,13-17H2,1-3H3,(H,24,29)(H,25,28). The largest absolute Gasteiger partial charge is 0.349 e. The van der Waals surface area contributed by atoms with Crippen LogP contribution in [0.3, 0.4) is 0 Å². The number of carbonyl (C=O) groups is 2. The van der Waals surface area contributed by atoms with Crippen molar-refractivity contribution in [2.45, 2.75) is 64.5 Å². The van der Waals surface area contributed by atoms with Gasteiger partial charge in [0, 0.05) is 24.7 Å². The molecule has 1 saturated carbocycles. The third-order valence-electron chi connectivity index (χ3n) is 6.04. The fourth-order valence-corrected chi connectivity index (χ4v) is 4.32. The van der Waals surface area contributed by atoms with E-state index >= 15 is 0 Å². The number of hydrogen-bond acceptors (Lipinski definition) is 4. The molecule has 0 spiro atoms. The number of nitrogens with one attached hydrogen (secondary N) is 2. The molecule has 3 rings (SSSR count). The van der Waals surface area contributed by atoms with Crippen LogP contribution in [-0.2, 0) is 4.79 Å². The SMILES string of the molecule is CC(C)(C)N1CCCN(CC(=O)Nc2ccccc2C(=O)NC2CCCC2)CC1. The minimum atomic E-state index is -0.0941. The molecule has 160 valence electrons. The highest BCUT2D eigenvalue weighted by Crippen LogP contribution is 2.21. The summed E-state index contributed by atoms with van der Waals surface area (Å²) in [6, 6.07) is 7.55. The van der Waals surface area contributed by atoms with Crippen molar-refractivity contribution in [2.24, 2.45) is 0 Å². The predicted molar refractivity (Wildman–Crippen MR) is 117 cm³/mol. The molecule has 29 heavy (non-hydrogen) atoms. The molecule has 2 fully saturated rings. The van der Waals surface area contributed by atoms with E-state index in [4.69, 9.17) is 0 Å². The van der Waals surface area contributed by atoms with Gasteiger partial charge < -0.3 is 10.6 Å². The molecule has 0 aromatic heterocycles. The van der Waals surface area contributed by atoms with Gasteiger partial charge in [0.05, 0.1) is 17.8 Å². The zero-order valence-corrected chi connectivity index (χ0v) is 18.2. The summed E-state index contributed by atoms with van der Waals surface area (Å²) in [5.41, 5.74) is 1.30. The minimum Gasteiger partial charge on any atom is -0.349 e. The fraction of sp³-hybridized carbons (Fsp3) is 0.652. The normalized spacial score (nSPS) is 19.7. The van der Waals surface area contributed by atoms with Crippen molar-refractivity contribution in [1.29, 1.82) is 0 Å². The van der Waals surface area contributed by atoms with Crippen LogP contribution in [0.25, 0.3) is 0 Å². The van der Waals surface area contributed by atoms with Crippen LogP contribution in [0.1, 0.15) is 63.2 Å². The molecule has 2 N–H and O–H groups in total. The lowest BCUT2D eigenvalue weighted by Crippen LogP contribution is -2.44. The van der Waals surface area contributed by atoms with Crippen molar-refractivity contribution in [1.82, 2.24) is 15.1 Å². The Bertz CT molecular complexity index is 707. The number of anilines is 1. The molecule has 1 aromatic carbocycles. The summed E-state index contributed by atoms with van der Waals surface area (Å²) in [5, 5.41) is 6.08. The Morgan fingerprint density at radius 1 is 1.00 bits per heavy atom. The van der Waals surface area contributed by atoms with Gasteiger partial charge in [0.15, 0.2) is 0 Å². The van der Waals surface area contributed by atoms with Gasteiger partial charge >= 0.3 is 0 Å². The monoisotopic (exact) mass is 400 g/mol. The van der Waals surface area contributed by atoms with Gasteiger partial charge in [0.2, 0.25) is 5.91 Å². The van der Waals surface area contributed by atoms with Crippen molar-refractivity contribution in [3.05, 3.63) is 29.8 Å². The summed E-state index contributed by atoms with van der Waals surface area (Å²) in [6.45, 7) is 10.9. The van der Waals surface area contributed by atoms with E-state index in [0.717, 1.165) is 45.4 Å². The minimum absolute atomic E-state index is 0.0599. The van der Waals surface area contributed by atoms with Crippen LogP contribution in [0.15, 0.2) is 24.3 Å². The molecular weight excluding hydrogens is 364 g/mol. The molecule has 2 aliphatic rings. The summed E-state index contributed by atoms with van der Waals surface area (Å²) in [7, 11) is 0. The van der Waals surface area contributed by atoms with Crippen molar-refractivity contribution in [3.8, 4) is 0 Å². The van der Waals surface area contributed by atoms with Gasteiger partial charge in [-0.3, -0.25) is 19.4 Å². The molecule has 0 unspecified atom stereocenters. The molecule has 6 heteroatoms. The molecular formula is C23H36N4O2. The molecule has 1 heterocycles. The molecule has 6 nitrogen and oxygen atoms in total. The number of hydrogen-bond donors (Lipinski definition) is 2. The maximum absolute atomic E-state index is 12.7. The first-order valence-corrected chi connectivity index (χ1v) is 11.0. The number of amides is 2. The molecule has 1 saturated heterocycles. The summed E-state index contributed by atoms with van der Waals surface area (Å²) in [6.07, 6.45) is 5.49. The quantitative estimate of drug-likeness (QED) is 0.797. The van der Waals surface area contributed by atoms with Crippen molar-refractivity contribution < 1.29 is 9.59 Å². The Balaban J connectivity index is 1.56. The van der Waals surface area contributed by atoms with Crippen LogP contribution in [0.5, 0.6) is 0 Å². The average Bonchev–Trinajstić information content (AvgIpc) is 3.04. The predicted octanol–water partition coefficient (Wildman–Crippen LogP) is 3.10. The molecule has 1 aromatic rings. The molecule has 2 amide bonds. The van der Waals surface area contributed by atoms with Gasteiger partial charge in [-0.05, 0) is 65.3 Å². The Kier molecular flexibility index (Phi) is 7.30. The van der Waals surface area contributed by atoms with Gasteiger partial charge in [-0.15, -0.1) is 0 Å². The summed E-state index contributed by atoms with van der Waals surface area (Å²) in [5.74, 6) is -0.154. The van der Waals surface area contributed by atoms with Gasteiger partial charge in [-0.1, -0.05) is 25.0 Å². The summed E-state index contributed by atoms with van der Waals surface area (Å²) < 4.78 is 0. The topological polar surface area (TPSA) is 64.7 Å². The number of nitrogens with zero attached hydrogens (tertiary/aromatic N) is 2. The van der Waals surface area contributed by atoms with Crippen molar-refractivity contribution in [3.63, 3.8) is 0 Å². The highest BCUT2D eigenvalue weighted by Gasteiger charge is 2.25. The number of carbonyl (C=O) groups excluding carboxylic acids is 2. The average molecular weight is 401 g/mol. The highest BCUT2D eigenvalue weighted by molar-refractivity contribution is 6.04. The Labute approximate surface area is 175 Å². The van der Waals surface area contributed by atoms with Crippen molar-refractivity contribution in [2.75, 3.05) is 38.0 Å². The molecule has 1 aliphatic heterocycles. The van der Waals surface area contributed by atoms with Crippen LogP contribution in [0.2, 0.25) is 0 Å². The fourth-order valence-electron chi connectivity index (χ4n) is 4.32. The maximum atomic E-state index is 12.7. The second kappa shape index (κ2) is 9.72. The number of rotatable bonds is 5. The van der Waals surface area contributed by atoms with E-state index in [1.807, 2.05) is 18.2 Å². The van der Waals surface area contributed by atoms with Crippen LogP contribution in [-0.4, -0.2) is 65.9 Å². The van der Waals surface area contributed by atoms with E-state index < -0.39 is 0 Å². The van der Waals surface area contributed by atoms with Crippen LogP contribution in [0.4, 0.5) is 5.69 Å². The second-order valence-corrected chi connectivity index (χ2v) is 9.34. The Morgan fingerprint density at radius 3 is 2.45 bits per heavy atom.